The van der Waals surface area contributed by atoms with E-state index in [4.69, 9.17) is 9.90 Å². The van der Waals surface area contributed by atoms with Crippen molar-refractivity contribution in [1.82, 2.24) is 6.15 Å². The standard InChI is InChI=1S/C9H9NO2.C2H4O2.H3N/c1-7(12)10-9-4-2-8(6-11)3-5-9;1-2(3)4;/h2-6H,1H3,(H,10,12);1H3,(H,3,4);1H3. The Morgan fingerprint density at radius 1 is 1.18 bits per heavy atom. The molecule has 0 unspecified atom stereocenters. The number of hydrogen-bond donors (Lipinski definition) is 3. The van der Waals surface area contributed by atoms with Crippen molar-refractivity contribution in [3.63, 3.8) is 0 Å². The highest BCUT2D eigenvalue weighted by molar-refractivity contribution is 5.89. The van der Waals surface area contributed by atoms with Crippen molar-refractivity contribution in [2.24, 2.45) is 0 Å². The fourth-order valence-corrected chi connectivity index (χ4v) is 0.848. The van der Waals surface area contributed by atoms with E-state index < -0.39 is 5.97 Å². The van der Waals surface area contributed by atoms with Gasteiger partial charge in [0.2, 0.25) is 5.91 Å². The van der Waals surface area contributed by atoms with Crippen LogP contribution in [-0.2, 0) is 9.59 Å². The molecule has 0 saturated heterocycles. The van der Waals surface area contributed by atoms with Crippen molar-refractivity contribution < 1.29 is 19.5 Å². The number of carboxylic acid groups (broad SMARTS) is 1. The third kappa shape index (κ3) is 10.1. The zero-order valence-corrected chi connectivity index (χ0v) is 9.77. The van der Waals surface area contributed by atoms with Gasteiger partial charge in [-0.1, -0.05) is 0 Å². The van der Waals surface area contributed by atoms with Crippen LogP contribution in [0.5, 0.6) is 0 Å². The number of carboxylic acids is 1. The summed E-state index contributed by atoms with van der Waals surface area (Å²) in [6.45, 7) is 2.52. The number of carbonyl (C=O) groups is 3. The maximum atomic E-state index is 10.6. The highest BCUT2D eigenvalue weighted by Gasteiger charge is 1.94. The lowest BCUT2D eigenvalue weighted by atomic mass is 10.2. The minimum atomic E-state index is -0.833. The van der Waals surface area contributed by atoms with Crippen LogP contribution in [0.15, 0.2) is 24.3 Å². The number of benzene rings is 1. The van der Waals surface area contributed by atoms with Crippen LogP contribution in [0, 0.1) is 0 Å². The molecule has 5 N–H and O–H groups in total. The summed E-state index contributed by atoms with van der Waals surface area (Å²) < 4.78 is 0. The zero-order chi connectivity index (χ0) is 12.6. The van der Waals surface area contributed by atoms with E-state index in [0.717, 1.165) is 13.2 Å². The van der Waals surface area contributed by atoms with Crippen molar-refractivity contribution in [2.75, 3.05) is 5.32 Å². The quantitative estimate of drug-likeness (QED) is 0.680. The van der Waals surface area contributed by atoms with Crippen molar-refractivity contribution in [1.29, 1.82) is 0 Å². The molecule has 0 aliphatic carbocycles. The summed E-state index contributed by atoms with van der Waals surface area (Å²) in [6, 6.07) is 6.67. The van der Waals surface area contributed by atoms with E-state index in [-0.39, 0.29) is 12.1 Å². The third-order valence-electron chi connectivity index (χ3n) is 1.37. The predicted octanol–water partition coefficient (Wildman–Crippen LogP) is 1.71. The van der Waals surface area contributed by atoms with Crippen molar-refractivity contribution in [3.8, 4) is 0 Å². The predicted molar refractivity (Wildman–Crippen MR) is 64.5 cm³/mol. The van der Waals surface area contributed by atoms with Gasteiger partial charge in [-0.05, 0) is 24.3 Å². The number of aldehydes is 1. The van der Waals surface area contributed by atoms with Gasteiger partial charge in [-0.15, -0.1) is 0 Å². The molecule has 0 radical (unpaired) electrons. The van der Waals surface area contributed by atoms with E-state index in [1.54, 1.807) is 24.3 Å². The monoisotopic (exact) mass is 240 g/mol. The first-order valence-corrected chi connectivity index (χ1v) is 4.48. The molecule has 1 rings (SSSR count). The molecule has 6 heteroatoms. The number of amides is 1. The summed E-state index contributed by atoms with van der Waals surface area (Å²) in [5.74, 6) is -0.950. The van der Waals surface area contributed by atoms with Gasteiger partial charge in [0.1, 0.15) is 6.29 Å². The van der Waals surface area contributed by atoms with Gasteiger partial charge in [0.25, 0.3) is 5.97 Å². The van der Waals surface area contributed by atoms with E-state index >= 15 is 0 Å². The van der Waals surface area contributed by atoms with Gasteiger partial charge in [0.15, 0.2) is 0 Å². The maximum Gasteiger partial charge on any atom is 0.300 e. The van der Waals surface area contributed by atoms with Gasteiger partial charge in [-0.2, -0.15) is 0 Å². The van der Waals surface area contributed by atoms with Crippen molar-refractivity contribution >= 4 is 23.9 Å². The Balaban J connectivity index is 0. The molecular weight excluding hydrogens is 224 g/mol. The molecule has 94 valence electrons. The summed E-state index contributed by atoms with van der Waals surface area (Å²) in [4.78, 5) is 29.8. The van der Waals surface area contributed by atoms with E-state index in [1.807, 2.05) is 0 Å². The molecular formula is C11H16N2O4. The Morgan fingerprint density at radius 3 is 1.88 bits per heavy atom. The smallest absolute Gasteiger partial charge is 0.300 e. The average Bonchev–Trinajstić information content (AvgIpc) is 2.17. The third-order valence-corrected chi connectivity index (χ3v) is 1.37. The fourth-order valence-electron chi connectivity index (χ4n) is 0.848. The lowest BCUT2D eigenvalue weighted by molar-refractivity contribution is -0.134. The highest BCUT2D eigenvalue weighted by Crippen LogP contribution is 2.07. The van der Waals surface area contributed by atoms with Gasteiger partial charge in [0, 0.05) is 25.1 Å². The zero-order valence-electron chi connectivity index (χ0n) is 9.77. The fraction of sp³-hybridized carbons (Fsp3) is 0.182. The molecule has 17 heavy (non-hydrogen) atoms. The number of nitrogens with one attached hydrogen (secondary N) is 1. The lowest BCUT2D eigenvalue weighted by Gasteiger charge is -2.00. The Kier molecular flexibility index (Phi) is 9.15. The molecule has 0 aromatic heterocycles. The van der Waals surface area contributed by atoms with Crippen LogP contribution in [0.3, 0.4) is 0 Å². The molecule has 0 atom stereocenters. The molecule has 1 aromatic rings. The summed E-state index contributed by atoms with van der Waals surface area (Å²) >= 11 is 0. The second kappa shape index (κ2) is 9.05. The lowest BCUT2D eigenvalue weighted by Crippen LogP contribution is -2.05. The van der Waals surface area contributed by atoms with Crippen molar-refractivity contribution in [2.45, 2.75) is 13.8 Å². The van der Waals surface area contributed by atoms with Crippen LogP contribution in [0.1, 0.15) is 24.2 Å². The summed E-state index contributed by atoms with van der Waals surface area (Å²) in [5.41, 5.74) is 1.30. The number of hydrogen-bond acceptors (Lipinski definition) is 4. The summed E-state index contributed by atoms with van der Waals surface area (Å²) in [7, 11) is 0. The average molecular weight is 240 g/mol. The molecule has 1 aromatic carbocycles. The molecule has 0 aliphatic rings. The van der Waals surface area contributed by atoms with Crippen LogP contribution >= 0.6 is 0 Å². The number of aliphatic carboxylic acids is 1. The van der Waals surface area contributed by atoms with Crippen LogP contribution in [0.4, 0.5) is 5.69 Å². The van der Waals surface area contributed by atoms with E-state index in [1.165, 1.54) is 6.92 Å². The molecule has 0 saturated carbocycles. The molecule has 0 heterocycles. The van der Waals surface area contributed by atoms with Gasteiger partial charge in [0.05, 0.1) is 0 Å². The van der Waals surface area contributed by atoms with E-state index in [0.29, 0.717) is 11.3 Å². The topological polar surface area (TPSA) is 118 Å². The van der Waals surface area contributed by atoms with E-state index in [9.17, 15) is 9.59 Å². The minimum absolute atomic E-state index is 0. The first kappa shape index (κ1) is 17.2. The maximum absolute atomic E-state index is 10.6. The number of anilines is 1. The van der Waals surface area contributed by atoms with Crippen LogP contribution < -0.4 is 11.5 Å². The van der Waals surface area contributed by atoms with Gasteiger partial charge in [-0.25, -0.2) is 0 Å². The van der Waals surface area contributed by atoms with Gasteiger partial charge in [-0.3, -0.25) is 14.4 Å². The SMILES string of the molecule is CC(=O)Nc1ccc(C=O)cc1.CC(=O)O.N. The Labute approximate surface area is 99.2 Å². The van der Waals surface area contributed by atoms with E-state index in [2.05, 4.69) is 5.32 Å². The largest absolute Gasteiger partial charge is 0.481 e. The highest BCUT2D eigenvalue weighted by atomic mass is 16.4. The Hall–Kier alpha value is -2.21. The second-order valence-electron chi connectivity index (χ2n) is 2.94. The van der Waals surface area contributed by atoms with Crippen molar-refractivity contribution in [3.05, 3.63) is 29.8 Å². The Morgan fingerprint density at radius 2 is 1.59 bits per heavy atom. The Bertz CT molecular complexity index is 370. The first-order valence-electron chi connectivity index (χ1n) is 4.48. The first-order chi connectivity index (χ1) is 7.45. The van der Waals surface area contributed by atoms with Gasteiger partial charge < -0.3 is 16.6 Å². The second-order valence-corrected chi connectivity index (χ2v) is 2.94. The number of carbonyl (C=O) groups excluding carboxylic acids is 2. The molecule has 1 amide bonds. The van der Waals surface area contributed by atoms with Crippen LogP contribution in [-0.4, -0.2) is 23.3 Å². The molecule has 0 spiro atoms. The normalized spacial score (nSPS) is 7.88. The molecule has 0 fully saturated rings. The minimum Gasteiger partial charge on any atom is -0.481 e. The molecule has 6 nitrogen and oxygen atoms in total. The summed E-state index contributed by atoms with van der Waals surface area (Å²) in [5, 5.41) is 10.0. The van der Waals surface area contributed by atoms with Crippen LogP contribution in [0.2, 0.25) is 0 Å². The van der Waals surface area contributed by atoms with Gasteiger partial charge >= 0.3 is 0 Å². The van der Waals surface area contributed by atoms with Crippen LogP contribution in [0.25, 0.3) is 0 Å². The number of rotatable bonds is 2. The summed E-state index contributed by atoms with van der Waals surface area (Å²) in [6.07, 6.45) is 0.761. The molecule has 0 bridgehead atoms. The molecule has 0 aliphatic heterocycles.